The highest BCUT2D eigenvalue weighted by atomic mass is 19.1. The van der Waals surface area contributed by atoms with Gasteiger partial charge in [0.1, 0.15) is 17.3 Å². The number of halogens is 2. The Balaban J connectivity index is 1.44. The number of fused-ring (bicyclic) bond motifs is 1. The molecule has 2 aromatic rings. The van der Waals surface area contributed by atoms with E-state index in [1.165, 1.54) is 6.07 Å². The first-order valence-corrected chi connectivity index (χ1v) is 9.08. The van der Waals surface area contributed by atoms with E-state index in [0.29, 0.717) is 31.5 Å². The summed E-state index contributed by atoms with van der Waals surface area (Å²) >= 11 is 0. The van der Waals surface area contributed by atoms with Crippen molar-refractivity contribution in [2.45, 2.75) is 25.4 Å². The number of hydrogen-bond donors (Lipinski definition) is 3. The van der Waals surface area contributed by atoms with Gasteiger partial charge in [-0.1, -0.05) is 12.1 Å². The smallest absolute Gasteiger partial charge is 0.321 e. The predicted molar refractivity (Wildman–Crippen MR) is 101 cm³/mol. The maximum Gasteiger partial charge on any atom is 0.321 e. The van der Waals surface area contributed by atoms with Gasteiger partial charge >= 0.3 is 6.03 Å². The molecular formula is C20H20F2N4O2. The topological polar surface area (TPSA) is 73.5 Å². The number of carbonyl (C=O) groups excluding carboxylic acids is 2. The molecule has 0 aromatic heterocycles. The number of nitrogens with zero attached hydrogens (tertiary/aromatic N) is 1. The van der Waals surface area contributed by atoms with E-state index in [9.17, 15) is 18.4 Å². The van der Waals surface area contributed by atoms with Gasteiger partial charge in [0, 0.05) is 32.0 Å². The van der Waals surface area contributed by atoms with Gasteiger partial charge < -0.3 is 20.9 Å². The lowest BCUT2D eigenvalue weighted by atomic mass is 9.91. The van der Waals surface area contributed by atoms with Crippen LogP contribution in [0, 0.1) is 18.6 Å². The third kappa shape index (κ3) is 3.26. The van der Waals surface area contributed by atoms with Crippen molar-refractivity contribution in [2.75, 3.05) is 23.7 Å². The van der Waals surface area contributed by atoms with E-state index in [4.69, 9.17) is 0 Å². The zero-order chi connectivity index (χ0) is 19.9. The van der Waals surface area contributed by atoms with Gasteiger partial charge in [-0.15, -0.1) is 0 Å². The summed E-state index contributed by atoms with van der Waals surface area (Å²) < 4.78 is 26.8. The number of piperidine rings is 1. The Bertz CT molecular complexity index is 955. The molecule has 1 fully saturated rings. The van der Waals surface area contributed by atoms with Gasteiger partial charge in [0.15, 0.2) is 0 Å². The van der Waals surface area contributed by atoms with E-state index >= 15 is 0 Å². The minimum Gasteiger partial charge on any atom is -0.362 e. The number of hydrogen-bond acceptors (Lipinski definition) is 3. The predicted octanol–water partition coefficient (Wildman–Crippen LogP) is 3.45. The van der Waals surface area contributed by atoms with E-state index in [1.54, 1.807) is 11.0 Å². The molecule has 146 valence electrons. The van der Waals surface area contributed by atoms with Gasteiger partial charge in [-0.05, 0) is 30.7 Å². The second-order valence-corrected chi connectivity index (χ2v) is 7.20. The number of urea groups is 1. The molecule has 0 atom stereocenters. The average Bonchev–Trinajstić information content (AvgIpc) is 2.65. The van der Waals surface area contributed by atoms with Crippen molar-refractivity contribution in [2.24, 2.45) is 0 Å². The standard InChI is InChI=1S/C20H20F2N4O2/c1-12-3-2-4-14-17(12)24-20(25-18(14)27)7-9-26(10-8-20)19(28)23-16-6-5-13(21)11-15(16)22/h2-6,11,24H,7-10H2,1H3,(H,23,28)(H,25,27). The number of aryl methyl sites for hydroxylation is 1. The second kappa shape index (κ2) is 6.78. The molecule has 0 unspecified atom stereocenters. The second-order valence-electron chi connectivity index (χ2n) is 7.20. The summed E-state index contributed by atoms with van der Waals surface area (Å²) in [5.41, 5.74) is 1.72. The number of anilines is 2. The molecule has 0 radical (unpaired) electrons. The van der Waals surface area contributed by atoms with E-state index in [1.807, 2.05) is 19.1 Å². The lowest BCUT2D eigenvalue weighted by molar-refractivity contribution is 0.0851. The lowest BCUT2D eigenvalue weighted by Gasteiger charge is -2.46. The van der Waals surface area contributed by atoms with E-state index in [-0.39, 0.29) is 11.6 Å². The maximum absolute atomic E-state index is 13.8. The third-order valence-corrected chi connectivity index (χ3v) is 5.31. The lowest BCUT2D eigenvalue weighted by Crippen LogP contribution is -2.63. The van der Waals surface area contributed by atoms with Crippen molar-refractivity contribution >= 4 is 23.3 Å². The minimum atomic E-state index is -0.824. The SMILES string of the molecule is Cc1cccc2c1NC1(CCN(C(=O)Nc3ccc(F)cc3F)CC1)NC2=O. The van der Waals surface area contributed by atoms with Gasteiger partial charge in [0.25, 0.3) is 5.91 Å². The maximum atomic E-state index is 13.8. The van der Waals surface area contributed by atoms with Crippen molar-refractivity contribution in [3.63, 3.8) is 0 Å². The molecule has 2 aliphatic heterocycles. The van der Waals surface area contributed by atoms with E-state index in [0.717, 1.165) is 23.4 Å². The number of para-hydroxylation sites is 1. The molecule has 0 bridgehead atoms. The molecule has 2 aliphatic rings. The highest BCUT2D eigenvalue weighted by Crippen LogP contribution is 2.33. The van der Waals surface area contributed by atoms with Crippen molar-refractivity contribution in [3.05, 3.63) is 59.2 Å². The molecule has 1 saturated heterocycles. The molecule has 4 rings (SSSR count). The van der Waals surface area contributed by atoms with Crippen LogP contribution in [0.25, 0.3) is 0 Å². The van der Waals surface area contributed by atoms with Crippen molar-refractivity contribution in [1.29, 1.82) is 0 Å². The fourth-order valence-electron chi connectivity index (χ4n) is 3.70. The Morgan fingerprint density at radius 3 is 2.61 bits per heavy atom. The Morgan fingerprint density at radius 2 is 1.89 bits per heavy atom. The monoisotopic (exact) mass is 386 g/mol. The van der Waals surface area contributed by atoms with Gasteiger partial charge in [0.05, 0.1) is 16.9 Å². The fraction of sp³-hybridized carbons (Fsp3) is 0.300. The van der Waals surface area contributed by atoms with Crippen LogP contribution in [-0.2, 0) is 0 Å². The Hall–Kier alpha value is -3.16. The van der Waals surface area contributed by atoms with Crippen LogP contribution in [0.3, 0.4) is 0 Å². The highest BCUT2D eigenvalue weighted by molar-refractivity contribution is 6.03. The van der Waals surface area contributed by atoms with Crippen molar-refractivity contribution in [3.8, 4) is 0 Å². The summed E-state index contributed by atoms with van der Waals surface area (Å²) in [5, 5.41) is 8.94. The van der Waals surface area contributed by atoms with E-state index in [2.05, 4.69) is 16.0 Å². The van der Waals surface area contributed by atoms with Crippen LogP contribution < -0.4 is 16.0 Å². The molecule has 6 nitrogen and oxygen atoms in total. The molecular weight excluding hydrogens is 366 g/mol. The molecule has 3 amide bonds. The number of nitrogens with one attached hydrogen (secondary N) is 3. The molecule has 0 saturated carbocycles. The van der Waals surface area contributed by atoms with Gasteiger partial charge in [-0.25, -0.2) is 13.6 Å². The molecule has 2 heterocycles. The third-order valence-electron chi connectivity index (χ3n) is 5.31. The van der Waals surface area contributed by atoms with Crippen LogP contribution in [0.15, 0.2) is 36.4 Å². The minimum absolute atomic E-state index is 0.0691. The van der Waals surface area contributed by atoms with Crippen LogP contribution in [0.1, 0.15) is 28.8 Å². The average molecular weight is 386 g/mol. The summed E-state index contributed by atoms with van der Waals surface area (Å²) in [4.78, 5) is 26.5. The van der Waals surface area contributed by atoms with Crippen LogP contribution in [0.5, 0.6) is 0 Å². The molecule has 28 heavy (non-hydrogen) atoms. The van der Waals surface area contributed by atoms with Crippen LogP contribution in [-0.4, -0.2) is 35.6 Å². The van der Waals surface area contributed by atoms with Crippen LogP contribution >= 0.6 is 0 Å². The largest absolute Gasteiger partial charge is 0.362 e. The summed E-state index contributed by atoms with van der Waals surface area (Å²) in [6.07, 6.45) is 1.01. The Morgan fingerprint density at radius 1 is 1.14 bits per heavy atom. The van der Waals surface area contributed by atoms with Gasteiger partial charge in [0.2, 0.25) is 0 Å². The molecule has 2 aromatic carbocycles. The summed E-state index contributed by atoms with van der Waals surface area (Å²) in [6, 6.07) is 8.10. The normalized spacial score (nSPS) is 17.5. The first-order chi connectivity index (χ1) is 13.4. The van der Waals surface area contributed by atoms with E-state index < -0.39 is 23.3 Å². The summed E-state index contributed by atoms with van der Waals surface area (Å²) in [5.74, 6) is -1.66. The molecule has 8 heteroatoms. The highest BCUT2D eigenvalue weighted by Gasteiger charge is 2.41. The van der Waals surface area contributed by atoms with Gasteiger partial charge in [-0.3, -0.25) is 4.79 Å². The number of benzene rings is 2. The number of amides is 3. The number of carbonyl (C=O) groups is 2. The number of rotatable bonds is 1. The first kappa shape index (κ1) is 18.2. The summed E-state index contributed by atoms with van der Waals surface area (Å²) in [6.45, 7) is 2.70. The first-order valence-electron chi connectivity index (χ1n) is 9.08. The summed E-state index contributed by atoms with van der Waals surface area (Å²) in [7, 11) is 0. The Kier molecular flexibility index (Phi) is 4.41. The molecule has 1 spiro atoms. The zero-order valence-corrected chi connectivity index (χ0v) is 15.3. The van der Waals surface area contributed by atoms with Crippen LogP contribution in [0.2, 0.25) is 0 Å². The molecule has 3 N–H and O–H groups in total. The van der Waals surface area contributed by atoms with Crippen LogP contribution in [0.4, 0.5) is 25.0 Å². The quantitative estimate of drug-likeness (QED) is 0.703. The fourth-order valence-corrected chi connectivity index (χ4v) is 3.70. The molecule has 0 aliphatic carbocycles. The van der Waals surface area contributed by atoms with Crippen molar-refractivity contribution in [1.82, 2.24) is 10.2 Å². The Labute approximate surface area is 160 Å². The zero-order valence-electron chi connectivity index (χ0n) is 15.3. The van der Waals surface area contributed by atoms with Crippen molar-refractivity contribution < 1.29 is 18.4 Å². The van der Waals surface area contributed by atoms with Gasteiger partial charge in [-0.2, -0.15) is 0 Å². The number of likely N-dealkylation sites (tertiary alicyclic amines) is 1.